The number of pyridine rings is 1. The molecule has 0 N–H and O–H groups in total. The van der Waals surface area contributed by atoms with Crippen LogP contribution in [0.25, 0.3) is 5.69 Å². The summed E-state index contributed by atoms with van der Waals surface area (Å²) in [5, 5.41) is 17.1. The van der Waals surface area contributed by atoms with Gasteiger partial charge in [0.25, 0.3) is 5.91 Å². The standard InChI is InChI=1S/C21H19FN6O2/c1-14-5-6-16(30-19-11-15(12-23)7-8-24-19)13-27(14)21(29)20-17(22)3-2-4-18(20)28-25-9-10-26-28/h2-4,7-11,14,16H,5-6,13H2,1H3/t14-,16-/m1/s1. The maximum Gasteiger partial charge on any atom is 0.259 e. The maximum absolute atomic E-state index is 14.7. The SMILES string of the molecule is C[C@@H]1CC[C@@H](Oc2cc(C#N)ccn2)CN1C(=O)c1c(F)cccc1-n1nccn1. The fourth-order valence-corrected chi connectivity index (χ4v) is 3.54. The highest BCUT2D eigenvalue weighted by atomic mass is 19.1. The Bertz CT molecular complexity index is 1100. The van der Waals surface area contributed by atoms with Crippen LogP contribution in [0.3, 0.4) is 0 Å². The predicted octanol–water partition coefficient (Wildman–Crippen LogP) is 2.75. The van der Waals surface area contributed by atoms with Gasteiger partial charge in [0.05, 0.1) is 30.6 Å². The molecule has 9 heteroatoms. The van der Waals surface area contributed by atoms with Gasteiger partial charge in [-0.3, -0.25) is 4.79 Å². The predicted molar refractivity (Wildman–Crippen MR) is 104 cm³/mol. The molecule has 1 aromatic carbocycles. The van der Waals surface area contributed by atoms with Crippen molar-refractivity contribution in [1.82, 2.24) is 24.9 Å². The van der Waals surface area contributed by atoms with E-state index < -0.39 is 11.7 Å². The molecule has 0 radical (unpaired) electrons. The Morgan fingerprint density at radius 1 is 1.23 bits per heavy atom. The smallest absolute Gasteiger partial charge is 0.259 e. The third-order valence-electron chi connectivity index (χ3n) is 5.09. The Labute approximate surface area is 172 Å². The molecule has 2 atom stereocenters. The van der Waals surface area contributed by atoms with Crippen molar-refractivity contribution in [2.24, 2.45) is 0 Å². The largest absolute Gasteiger partial charge is 0.472 e. The molecule has 1 amide bonds. The first-order valence-electron chi connectivity index (χ1n) is 9.56. The lowest BCUT2D eigenvalue weighted by atomic mass is 9.99. The van der Waals surface area contributed by atoms with Gasteiger partial charge in [0.1, 0.15) is 23.2 Å². The highest BCUT2D eigenvalue weighted by molar-refractivity contribution is 5.98. The van der Waals surface area contributed by atoms with Crippen LogP contribution in [-0.4, -0.2) is 49.5 Å². The van der Waals surface area contributed by atoms with Crippen LogP contribution in [0.4, 0.5) is 4.39 Å². The molecule has 3 heterocycles. The van der Waals surface area contributed by atoms with Crippen molar-refractivity contribution >= 4 is 5.91 Å². The molecular weight excluding hydrogens is 387 g/mol. The number of nitrogens with zero attached hydrogens (tertiary/aromatic N) is 6. The van der Waals surface area contributed by atoms with Crippen LogP contribution in [0.5, 0.6) is 5.88 Å². The summed E-state index contributed by atoms with van der Waals surface area (Å²) >= 11 is 0. The first kappa shape index (κ1) is 19.5. The van der Waals surface area contributed by atoms with Gasteiger partial charge >= 0.3 is 0 Å². The maximum atomic E-state index is 14.7. The number of likely N-dealkylation sites (tertiary alicyclic amines) is 1. The number of aromatic nitrogens is 4. The van der Waals surface area contributed by atoms with Gasteiger partial charge in [-0.05, 0) is 38.0 Å². The van der Waals surface area contributed by atoms with Crippen LogP contribution in [0, 0.1) is 17.1 Å². The lowest BCUT2D eigenvalue weighted by molar-refractivity contribution is 0.0369. The molecule has 3 aromatic rings. The number of hydrogen-bond acceptors (Lipinski definition) is 6. The van der Waals surface area contributed by atoms with Crippen LogP contribution in [-0.2, 0) is 0 Å². The van der Waals surface area contributed by atoms with Gasteiger partial charge in [-0.1, -0.05) is 6.07 Å². The van der Waals surface area contributed by atoms with Crippen LogP contribution in [0.2, 0.25) is 0 Å². The van der Waals surface area contributed by atoms with Gasteiger partial charge in [0.2, 0.25) is 5.88 Å². The Morgan fingerprint density at radius 3 is 2.80 bits per heavy atom. The molecule has 2 aromatic heterocycles. The fraction of sp³-hybridized carbons (Fsp3) is 0.286. The molecule has 1 aliphatic rings. The van der Waals surface area contributed by atoms with Crippen molar-refractivity contribution < 1.29 is 13.9 Å². The highest BCUT2D eigenvalue weighted by Gasteiger charge is 2.33. The van der Waals surface area contributed by atoms with Crippen molar-refractivity contribution in [2.75, 3.05) is 6.54 Å². The summed E-state index contributed by atoms with van der Waals surface area (Å²) < 4.78 is 20.6. The zero-order chi connectivity index (χ0) is 21.1. The number of carbonyl (C=O) groups is 1. The van der Waals surface area contributed by atoms with E-state index in [2.05, 4.69) is 15.2 Å². The average Bonchev–Trinajstić information content (AvgIpc) is 3.29. The lowest BCUT2D eigenvalue weighted by Gasteiger charge is -2.38. The number of nitriles is 1. The van der Waals surface area contributed by atoms with Crippen LogP contribution >= 0.6 is 0 Å². The number of rotatable bonds is 4. The first-order valence-corrected chi connectivity index (χ1v) is 9.56. The van der Waals surface area contributed by atoms with Gasteiger partial charge in [0, 0.05) is 18.3 Å². The second kappa shape index (κ2) is 8.29. The minimum atomic E-state index is -0.631. The van der Waals surface area contributed by atoms with E-state index in [1.807, 2.05) is 13.0 Å². The zero-order valence-corrected chi connectivity index (χ0v) is 16.3. The summed E-state index contributed by atoms with van der Waals surface area (Å²) in [6.45, 7) is 2.20. The zero-order valence-electron chi connectivity index (χ0n) is 16.3. The first-order chi connectivity index (χ1) is 14.6. The molecule has 0 unspecified atom stereocenters. The van der Waals surface area contributed by atoms with E-state index in [0.29, 0.717) is 24.3 Å². The number of piperidine rings is 1. The number of amides is 1. The third kappa shape index (κ3) is 3.85. The average molecular weight is 406 g/mol. The number of benzene rings is 1. The Morgan fingerprint density at radius 2 is 2.03 bits per heavy atom. The van der Waals surface area contributed by atoms with Crippen LogP contribution < -0.4 is 4.74 Å². The normalized spacial score (nSPS) is 18.6. The van der Waals surface area contributed by atoms with Crippen molar-refractivity contribution in [3.05, 3.63) is 65.9 Å². The Kier molecular flexibility index (Phi) is 5.39. The van der Waals surface area contributed by atoms with E-state index in [1.54, 1.807) is 23.1 Å². The quantitative estimate of drug-likeness (QED) is 0.661. The summed E-state index contributed by atoms with van der Waals surface area (Å²) in [4.78, 5) is 20.3. The van der Waals surface area contributed by atoms with Gasteiger partial charge in [-0.15, -0.1) is 0 Å². The monoisotopic (exact) mass is 406 g/mol. The van der Waals surface area contributed by atoms with E-state index in [1.165, 1.54) is 35.5 Å². The molecule has 152 valence electrons. The molecular formula is C21H19FN6O2. The Hall–Kier alpha value is -3.80. The summed E-state index contributed by atoms with van der Waals surface area (Å²) in [5.41, 5.74) is 0.647. The molecule has 30 heavy (non-hydrogen) atoms. The summed E-state index contributed by atoms with van der Waals surface area (Å²) in [5.74, 6) is -0.748. The molecule has 0 bridgehead atoms. The molecule has 0 aliphatic carbocycles. The summed E-state index contributed by atoms with van der Waals surface area (Å²) in [6.07, 6.45) is 5.53. The third-order valence-corrected chi connectivity index (χ3v) is 5.09. The number of carbonyl (C=O) groups excluding carboxylic acids is 1. The van der Waals surface area contributed by atoms with Crippen molar-refractivity contribution in [1.29, 1.82) is 5.26 Å². The molecule has 4 rings (SSSR count). The fourth-order valence-electron chi connectivity index (χ4n) is 3.54. The molecule has 1 saturated heterocycles. The second-order valence-corrected chi connectivity index (χ2v) is 7.07. The molecule has 1 aliphatic heterocycles. The minimum Gasteiger partial charge on any atom is -0.472 e. The second-order valence-electron chi connectivity index (χ2n) is 7.07. The lowest BCUT2D eigenvalue weighted by Crippen LogP contribution is -2.49. The van der Waals surface area contributed by atoms with E-state index in [0.717, 1.165) is 0 Å². The minimum absolute atomic E-state index is 0.0780. The van der Waals surface area contributed by atoms with Gasteiger partial charge in [-0.2, -0.15) is 20.3 Å². The molecule has 0 spiro atoms. The summed E-state index contributed by atoms with van der Waals surface area (Å²) in [7, 11) is 0. The highest BCUT2D eigenvalue weighted by Crippen LogP contribution is 2.26. The topological polar surface area (TPSA) is 96.9 Å². The van der Waals surface area contributed by atoms with Crippen molar-refractivity contribution in [3.63, 3.8) is 0 Å². The van der Waals surface area contributed by atoms with E-state index >= 15 is 0 Å². The van der Waals surface area contributed by atoms with Gasteiger partial charge in [0.15, 0.2) is 0 Å². The number of halogens is 1. The number of hydrogen-bond donors (Lipinski definition) is 0. The number of ether oxygens (including phenoxy) is 1. The summed E-state index contributed by atoms with van der Waals surface area (Å²) in [6, 6.07) is 9.48. The van der Waals surface area contributed by atoms with E-state index in [-0.39, 0.29) is 29.9 Å². The molecule has 1 fully saturated rings. The van der Waals surface area contributed by atoms with E-state index in [4.69, 9.17) is 10.00 Å². The van der Waals surface area contributed by atoms with Gasteiger partial charge < -0.3 is 9.64 Å². The van der Waals surface area contributed by atoms with Crippen molar-refractivity contribution in [2.45, 2.75) is 31.9 Å². The van der Waals surface area contributed by atoms with E-state index in [9.17, 15) is 9.18 Å². The molecule has 8 nitrogen and oxygen atoms in total. The van der Waals surface area contributed by atoms with Crippen LogP contribution in [0.15, 0.2) is 48.9 Å². The van der Waals surface area contributed by atoms with Crippen LogP contribution in [0.1, 0.15) is 35.7 Å². The Balaban J connectivity index is 1.59. The van der Waals surface area contributed by atoms with Crippen molar-refractivity contribution in [3.8, 4) is 17.6 Å². The molecule has 0 saturated carbocycles. The van der Waals surface area contributed by atoms with Gasteiger partial charge in [-0.25, -0.2) is 9.37 Å².